The number of H-pyrrole nitrogens is 8. The molecule has 4 aromatic carbocycles. The van der Waals surface area contributed by atoms with Crippen molar-refractivity contribution in [2.45, 2.75) is 162 Å². The Kier molecular flexibility index (Phi) is 36.1. The summed E-state index contributed by atoms with van der Waals surface area (Å²) in [6, 6.07) is 25.1. The minimum absolute atomic E-state index is 0.174. The van der Waals surface area contributed by atoms with Crippen molar-refractivity contribution in [2.24, 2.45) is 0 Å². The molecule has 0 bridgehead atoms. The highest BCUT2D eigenvalue weighted by atomic mass is 79.9. The van der Waals surface area contributed by atoms with E-state index in [-0.39, 0.29) is 35.6 Å². The van der Waals surface area contributed by atoms with Crippen molar-refractivity contribution in [3.05, 3.63) is 252 Å². The van der Waals surface area contributed by atoms with E-state index in [9.17, 15) is 28.0 Å². The van der Waals surface area contributed by atoms with Crippen LogP contribution in [0.15, 0.2) is 159 Å². The van der Waals surface area contributed by atoms with Crippen molar-refractivity contribution < 1.29 is 18.3 Å². The predicted molar refractivity (Wildman–Crippen MR) is 586 cm³/mol. The molecule has 0 spiro atoms. The molecule has 12 N–H and O–H groups in total. The summed E-state index contributed by atoms with van der Waals surface area (Å²) in [5.41, 5.74) is 22.8. The maximum absolute atomic E-state index is 13.0. The number of fused-ring (bicyclic) bond motifs is 4. The molecular formula is C107H132BrCl3F2N28O6. The molecule has 12 aromatic heterocycles. The largest absolute Gasteiger partial charge is 0.384 e. The lowest BCUT2D eigenvalue weighted by atomic mass is 9.88. The van der Waals surface area contributed by atoms with Crippen molar-refractivity contribution >= 4 is 118 Å². The molecule has 0 atom stereocenters. The third kappa shape index (κ3) is 25.9. The van der Waals surface area contributed by atoms with Crippen LogP contribution in [0.1, 0.15) is 151 Å². The van der Waals surface area contributed by atoms with Crippen LogP contribution in [-0.2, 0) is 48.5 Å². The SMILES string of the molecule is CCn1cnc(CCNc2cc[nH]c(=O)c2-c2nc3c(C)cc(C4CCN(CCOC)CC4)cc3[nH]2)c1Br.CCn1cnc(CCNc2cc[nH]c(=O)c2-c2nc3c(C)cc(C4CCN(CCOC)CC4)cc3[nH]2)c1Cl.Cc1cc(C2CCN(CCCF)CC2)cc2[nH]c(-c3c(NCCn4cc(Cl)cn4)cc[nH]c3=O)nc12.Cc1cc(C2CCN(CCF)CC2)cc2[nH]c(-c3c(NCCn4cc(Cl)cn4)cc[nH]c3=O)nc12. The highest BCUT2D eigenvalue weighted by Crippen LogP contribution is 2.40. The number of aryl methyl sites for hydroxylation is 6. The van der Waals surface area contributed by atoms with Gasteiger partial charge < -0.3 is 99.3 Å². The molecule has 0 unspecified atom stereocenters. The highest BCUT2D eigenvalue weighted by Gasteiger charge is 2.30. The Morgan fingerprint density at radius 2 is 0.721 bits per heavy atom. The zero-order valence-corrected chi connectivity index (χ0v) is 88.5. The molecule has 34 nitrogen and oxygen atoms in total. The first-order valence-corrected chi connectivity index (χ1v) is 53.0. The average molecular weight is 2130 g/mol. The van der Waals surface area contributed by atoms with Crippen molar-refractivity contribution in [3.63, 3.8) is 0 Å². The Balaban J connectivity index is 0.000000134. The van der Waals surface area contributed by atoms with Crippen molar-refractivity contribution in [1.82, 2.24) is 118 Å². The fraction of sp³-hybridized carbons (Fsp3) is 0.439. The summed E-state index contributed by atoms with van der Waals surface area (Å²) in [4.78, 5) is 114. The van der Waals surface area contributed by atoms with E-state index >= 15 is 0 Å². The summed E-state index contributed by atoms with van der Waals surface area (Å²) < 4.78 is 44.1. The number of hydrogen-bond donors (Lipinski definition) is 12. The number of piperidine rings is 4. The number of methoxy groups -OCH3 is 2. The molecule has 4 aliphatic rings. The zero-order chi connectivity index (χ0) is 103. The minimum atomic E-state index is -0.292. The lowest BCUT2D eigenvalue weighted by Gasteiger charge is -2.32. The van der Waals surface area contributed by atoms with E-state index < -0.39 is 0 Å². The number of halogens is 6. The number of anilines is 4. The lowest BCUT2D eigenvalue weighted by Crippen LogP contribution is -2.35. The van der Waals surface area contributed by atoms with E-state index in [0.29, 0.717) is 154 Å². The standard InChI is InChI=1S/C28H36BrN7O2.C28H36ClN7O2.C26H31ClFN7O.C25H29ClFN7O/c2*1-4-36-17-32-22(26(36)29)6-9-30-21-5-10-31-28(37)24(21)27-33-23-16-20(15-18(2)25(23)34-27)19-7-11-35(12-8-19)13-14-38-3;1-17-13-19(18-4-10-34(11-5-18)9-2-6-28)14-22-24(17)33-25(32-22)23-21(3-7-30-26(23)36)29-8-12-35-16-20(27)15-31-35;1-16-12-18(17-3-8-33(9-4-17)10-5-27)13-21-23(16)32-24(31-21)22-20(2-6-29-25(22)35)28-7-11-34-15-19(26)14-30-34/h2*5,10,15-17,19H,4,6-9,11-14H2,1-3H3,(H,33,34)(H2,30,31,37);3,7,13-16,18H,2,4-6,8-12H2,1H3,(H,32,33)(H2,29,30,36);2,6,12-15,17H,3-5,7-11H2,1H3,(H,31,32)(H2,28,29,35). The van der Waals surface area contributed by atoms with Gasteiger partial charge in [0.1, 0.15) is 62.0 Å². The Hall–Kier alpha value is -12.4. The Labute approximate surface area is 874 Å². The van der Waals surface area contributed by atoms with Crippen LogP contribution in [0.3, 0.4) is 0 Å². The molecule has 16 aromatic rings. The van der Waals surface area contributed by atoms with Crippen LogP contribution in [0, 0.1) is 27.7 Å². The monoisotopic (exact) mass is 2130 g/mol. The van der Waals surface area contributed by atoms with E-state index in [4.69, 9.17) is 64.2 Å². The molecule has 147 heavy (non-hydrogen) atoms. The van der Waals surface area contributed by atoms with Gasteiger partial charge in [-0.2, -0.15) is 10.2 Å². The van der Waals surface area contributed by atoms with Crippen LogP contribution >= 0.6 is 50.7 Å². The lowest BCUT2D eigenvalue weighted by molar-refractivity contribution is 0.130. The maximum atomic E-state index is 13.0. The number of benzene rings is 4. The summed E-state index contributed by atoms with van der Waals surface area (Å²) in [6.45, 7) is 30.2. The van der Waals surface area contributed by atoms with Gasteiger partial charge in [0.05, 0.1) is 146 Å². The van der Waals surface area contributed by atoms with Gasteiger partial charge in [-0.3, -0.25) is 32.9 Å². The maximum Gasteiger partial charge on any atom is 0.261 e. The molecule has 4 saturated heterocycles. The number of rotatable bonds is 37. The Morgan fingerprint density at radius 3 is 1.02 bits per heavy atom. The third-order valence-electron chi connectivity index (χ3n) is 28.7. The van der Waals surface area contributed by atoms with Crippen LogP contribution in [0.25, 0.3) is 89.7 Å². The van der Waals surface area contributed by atoms with Crippen LogP contribution < -0.4 is 43.5 Å². The first kappa shape index (κ1) is 106. The molecular weight excluding hydrogens is 2000 g/mol. The molecule has 0 aliphatic carbocycles. The number of imidazole rings is 6. The second kappa shape index (κ2) is 50.0. The number of hydrogen-bond acceptors (Lipinski definition) is 22. The minimum Gasteiger partial charge on any atom is -0.384 e. The second-order valence-electron chi connectivity index (χ2n) is 38.4. The summed E-state index contributed by atoms with van der Waals surface area (Å²) in [5, 5.41) is 23.7. The molecule has 0 amide bonds. The number of nitrogens with one attached hydrogen (secondary N) is 12. The van der Waals surface area contributed by atoms with Gasteiger partial charge in [-0.1, -0.05) is 59.1 Å². The molecule has 0 saturated carbocycles. The van der Waals surface area contributed by atoms with E-state index in [1.54, 1.807) is 79.5 Å². The molecule has 16 heterocycles. The van der Waals surface area contributed by atoms with Gasteiger partial charge in [0.2, 0.25) is 0 Å². The van der Waals surface area contributed by atoms with Gasteiger partial charge in [0, 0.05) is 130 Å². The molecule has 0 radical (unpaired) electrons. The average Bonchev–Trinajstić information content (AvgIpc) is 1.64. The molecule has 40 heteroatoms. The predicted octanol–water partition coefficient (Wildman–Crippen LogP) is 18.3. The summed E-state index contributed by atoms with van der Waals surface area (Å²) in [5.74, 6) is 4.16. The smallest absolute Gasteiger partial charge is 0.261 e. The van der Waals surface area contributed by atoms with Gasteiger partial charge in [-0.15, -0.1) is 0 Å². The fourth-order valence-corrected chi connectivity index (χ4v) is 22.0. The van der Waals surface area contributed by atoms with Gasteiger partial charge >= 0.3 is 0 Å². The van der Waals surface area contributed by atoms with Gasteiger partial charge in [0.25, 0.3) is 22.2 Å². The number of aromatic amines is 8. The Morgan fingerprint density at radius 1 is 0.408 bits per heavy atom. The van der Waals surface area contributed by atoms with Crippen LogP contribution in [0.4, 0.5) is 31.5 Å². The summed E-state index contributed by atoms with van der Waals surface area (Å²) in [6.07, 6.45) is 27.5. The second-order valence-corrected chi connectivity index (χ2v) is 40.4. The van der Waals surface area contributed by atoms with Gasteiger partial charge in [0.15, 0.2) is 0 Å². The number of aromatic nitrogens is 20. The van der Waals surface area contributed by atoms with Gasteiger partial charge in [-0.25, -0.2) is 34.3 Å². The van der Waals surface area contributed by atoms with Crippen LogP contribution in [0.2, 0.25) is 15.2 Å². The summed E-state index contributed by atoms with van der Waals surface area (Å²) in [7, 11) is 3.51. The normalized spacial score (nSPS) is 15.0. The van der Waals surface area contributed by atoms with Gasteiger partial charge in [-0.05, 0) is 284 Å². The zero-order valence-electron chi connectivity index (χ0n) is 84.6. The van der Waals surface area contributed by atoms with Crippen LogP contribution in [0.5, 0.6) is 0 Å². The number of ether oxygens (including phenoxy) is 2. The van der Waals surface area contributed by atoms with E-state index in [1.165, 1.54) is 22.3 Å². The molecule has 778 valence electrons. The quantitative estimate of drug-likeness (QED) is 0.0172. The van der Waals surface area contributed by atoms with Crippen molar-refractivity contribution in [3.8, 4) is 45.6 Å². The van der Waals surface area contributed by atoms with E-state index in [1.807, 2.05) is 42.1 Å². The van der Waals surface area contributed by atoms with E-state index in [2.05, 4.69) is 205 Å². The number of pyridine rings is 4. The first-order chi connectivity index (χ1) is 71.5. The fourth-order valence-electron chi connectivity index (χ4n) is 20.7. The number of nitrogens with zero attached hydrogens (tertiary/aromatic N) is 16. The van der Waals surface area contributed by atoms with Crippen molar-refractivity contribution in [2.75, 3.05) is 167 Å². The number of alkyl halides is 2. The van der Waals surface area contributed by atoms with Crippen LogP contribution in [-0.4, -0.2) is 264 Å². The number of likely N-dealkylation sites (tertiary alicyclic amines) is 4. The summed E-state index contributed by atoms with van der Waals surface area (Å²) >= 11 is 21.9. The molecule has 4 fully saturated rings. The molecule has 20 rings (SSSR count). The third-order valence-corrected chi connectivity index (χ3v) is 30.4. The van der Waals surface area contributed by atoms with E-state index in [0.717, 1.165) is 250 Å². The highest BCUT2D eigenvalue weighted by molar-refractivity contribution is 9.10. The molecule has 4 aliphatic heterocycles. The topological polar surface area (TPSA) is 397 Å². The van der Waals surface area contributed by atoms with Crippen molar-refractivity contribution in [1.29, 1.82) is 0 Å². The first-order valence-electron chi connectivity index (χ1n) is 51.1. The Bertz CT molecular complexity index is 7160.